The van der Waals surface area contributed by atoms with Gasteiger partial charge in [-0.2, -0.15) is 5.26 Å². The van der Waals surface area contributed by atoms with Crippen LogP contribution < -0.4 is 10.6 Å². The average molecular weight is 461 g/mol. The number of carbonyl (C=O) groups excluding carboxylic acids is 3. The highest BCUT2D eigenvalue weighted by Gasteiger charge is 2.47. The molecule has 0 saturated carbocycles. The number of aliphatic hydroxyl groups excluding tert-OH is 1. The van der Waals surface area contributed by atoms with Crippen LogP contribution in [-0.4, -0.2) is 69.2 Å². The van der Waals surface area contributed by atoms with E-state index in [-0.39, 0.29) is 23.9 Å². The highest BCUT2D eigenvalue weighted by Crippen LogP contribution is 2.31. The molecule has 3 rings (SSSR count). The summed E-state index contributed by atoms with van der Waals surface area (Å²) in [6.07, 6.45) is -1.32. The number of halogens is 2. The summed E-state index contributed by atoms with van der Waals surface area (Å²) >= 11 is 0. The Bertz CT molecular complexity index is 1120. The molecule has 0 unspecified atom stereocenters. The van der Waals surface area contributed by atoms with Crippen molar-refractivity contribution >= 4 is 34.3 Å². The van der Waals surface area contributed by atoms with Crippen molar-refractivity contribution in [1.82, 2.24) is 15.2 Å². The lowest BCUT2D eigenvalue weighted by atomic mass is 10.1. The van der Waals surface area contributed by atoms with Gasteiger partial charge in [0, 0.05) is 30.8 Å². The number of alkyl halides is 2. The first-order chi connectivity index (χ1) is 15.6. The Labute approximate surface area is 186 Å². The molecule has 174 valence electrons. The number of nitrogens with one attached hydrogen (secondary N) is 2. The van der Waals surface area contributed by atoms with Crippen molar-refractivity contribution in [1.29, 1.82) is 5.26 Å². The number of pyridine rings is 1. The number of amides is 3. The summed E-state index contributed by atoms with van der Waals surface area (Å²) < 4.78 is 27.1. The molecule has 2 heterocycles. The topological polar surface area (TPSA) is 156 Å². The Morgan fingerprint density at radius 3 is 2.76 bits per heavy atom. The minimum Gasteiger partial charge on any atom is -0.368 e. The number of likely N-dealkylation sites (tertiary alicyclic amines) is 1. The predicted molar refractivity (Wildman–Crippen MR) is 111 cm³/mol. The molecule has 12 heteroatoms. The van der Waals surface area contributed by atoms with Gasteiger partial charge in [0.1, 0.15) is 6.04 Å². The summed E-state index contributed by atoms with van der Waals surface area (Å²) in [4.78, 5) is 42.0. The zero-order valence-corrected chi connectivity index (χ0v) is 17.3. The van der Waals surface area contributed by atoms with Crippen LogP contribution in [0.2, 0.25) is 0 Å². The van der Waals surface area contributed by atoms with Gasteiger partial charge in [-0.05, 0) is 12.1 Å². The molecule has 0 radical (unpaired) electrons. The number of anilines is 1. The van der Waals surface area contributed by atoms with Crippen LogP contribution in [0.5, 0.6) is 0 Å². The molecule has 1 atom stereocenters. The van der Waals surface area contributed by atoms with E-state index in [1.165, 1.54) is 12.3 Å². The smallest absolute Gasteiger partial charge is 0.268 e. The van der Waals surface area contributed by atoms with Gasteiger partial charge in [0.25, 0.3) is 11.8 Å². The molecule has 33 heavy (non-hydrogen) atoms. The monoisotopic (exact) mass is 461 g/mol. The molecular weight excluding hydrogens is 440 g/mol. The van der Waals surface area contributed by atoms with Crippen molar-refractivity contribution < 1.29 is 33.4 Å². The highest BCUT2D eigenvalue weighted by molar-refractivity contribution is 6.10. The number of hydrogen-bond donors (Lipinski definition) is 4. The van der Waals surface area contributed by atoms with Gasteiger partial charge in [0.2, 0.25) is 11.8 Å². The van der Waals surface area contributed by atoms with Crippen LogP contribution in [-0.2, 0) is 9.59 Å². The lowest BCUT2D eigenvalue weighted by Gasteiger charge is -2.19. The minimum atomic E-state index is -3.16. The quantitative estimate of drug-likeness (QED) is 0.444. The van der Waals surface area contributed by atoms with Crippen LogP contribution in [0.3, 0.4) is 0 Å². The fourth-order valence-corrected chi connectivity index (χ4v) is 3.49. The lowest BCUT2D eigenvalue weighted by molar-refractivity contribution is -0.131. The van der Waals surface area contributed by atoms with E-state index in [1.807, 2.05) is 0 Å². The molecule has 2 aromatic rings. The standard InChI is InChI=1S/C21H21F2N5O5/c22-21(23)8-12(9-24)28(11-21)17(30)10-26-20(33)14-6-7-25-19-13(14)2-1-3-15(19)27-16(29)4-5-18(31)32/h1-3,6-7,12,18,31-32H,4-5,8,10-11H2,(H,26,33)(H,27,29)/t12-/m0/s1. The molecule has 0 spiro atoms. The Kier molecular flexibility index (Phi) is 7.15. The number of aliphatic hydroxyl groups is 2. The molecule has 0 aliphatic carbocycles. The second kappa shape index (κ2) is 9.85. The SMILES string of the molecule is N#C[C@@H]1CC(F)(F)CN1C(=O)CNC(=O)c1ccnc2c(NC(=O)CCC(O)O)cccc12. The van der Waals surface area contributed by atoms with Gasteiger partial charge in [-0.25, -0.2) is 8.78 Å². The molecule has 1 aliphatic heterocycles. The third-order valence-electron chi connectivity index (χ3n) is 5.06. The van der Waals surface area contributed by atoms with E-state index in [9.17, 15) is 23.2 Å². The maximum atomic E-state index is 13.6. The summed E-state index contributed by atoms with van der Waals surface area (Å²) in [5, 5.41) is 32.1. The van der Waals surface area contributed by atoms with Crippen molar-refractivity contribution in [3.8, 4) is 6.07 Å². The number of carbonyl (C=O) groups is 3. The second-order valence-electron chi connectivity index (χ2n) is 7.54. The number of para-hydroxylation sites is 1. The normalized spacial score (nSPS) is 17.1. The molecule has 10 nitrogen and oxygen atoms in total. The number of nitrogens with zero attached hydrogens (tertiary/aromatic N) is 3. The van der Waals surface area contributed by atoms with Crippen LogP contribution >= 0.6 is 0 Å². The van der Waals surface area contributed by atoms with Crippen LogP contribution in [0.25, 0.3) is 10.9 Å². The molecule has 0 bridgehead atoms. The van der Waals surface area contributed by atoms with E-state index in [0.717, 1.165) is 4.90 Å². The van der Waals surface area contributed by atoms with Gasteiger partial charge < -0.3 is 25.7 Å². The Hall–Kier alpha value is -3.69. The highest BCUT2D eigenvalue weighted by atomic mass is 19.3. The molecule has 1 saturated heterocycles. The Morgan fingerprint density at radius 1 is 1.30 bits per heavy atom. The first kappa shape index (κ1) is 24.0. The number of nitriles is 1. The average Bonchev–Trinajstić information content (AvgIpc) is 3.10. The number of hydrogen-bond acceptors (Lipinski definition) is 7. The van der Waals surface area contributed by atoms with E-state index >= 15 is 0 Å². The first-order valence-electron chi connectivity index (χ1n) is 10.00. The number of rotatable bonds is 7. The molecular formula is C21H21F2N5O5. The lowest BCUT2D eigenvalue weighted by Crippen LogP contribution is -2.43. The van der Waals surface area contributed by atoms with Crippen LogP contribution in [0, 0.1) is 11.3 Å². The van der Waals surface area contributed by atoms with E-state index in [4.69, 9.17) is 15.5 Å². The summed E-state index contributed by atoms with van der Waals surface area (Å²) in [7, 11) is 0. The van der Waals surface area contributed by atoms with Gasteiger partial charge in [-0.1, -0.05) is 12.1 Å². The van der Waals surface area contributed by atoms with Crippen molar-refractivity contribution in [3.63, 3.8) is 0 Å². The third kappa shape index (κ3) is 5.76. The molecule has 1 aliphatic rings. The molecule has 1 aromatic heterocycles. The summed E-state index contributed by atoms with van der Waals surface area (Å²) in [6.45, 7) is -1.45. The second-order valence-corrected chi connectivity index (χ2v) is 7.54. The number of aromatic nitrogens is 1. The predicted octanol–water partition coefficient (Wildman–Crippen LogP) is 0.754. The number of benzene rings is 1. The van der Waals surface area contributed by atoms with E-state index < -0.39 is 55.5 Å². The van der Waals surface area contributed by atoms with Crippen LogP contribution in [0.4, 0.5) is 14.5 Å². The summed E-state index contributed by atoms with van der Waals surface area (Å²) in [6, 6.07) is 6.53. The summed E-state index contributed by atoms with van der Waals surface area (Å²) in [5.41, 5.74) is 0.725. The zero-order chi connectivity index (χ0) is 24.2. The Balaban J connectivity index is 1.72. The molecule has 3 amide bonds. The van der Waals surface area contributed by atoms with Crippen molar-refractivity contribution in [3.05, 3.63) is 36.0 Å². The van der Waals surface area contributed by atoms with Gasteiger partial charge in [0.05, 0.1) is 35.9 Å². The molecule has 1 fully saturated rings. The largest absolute Gasteiger partial charge is 0.368 e. The van der Waals surface area contributed by atoms with Gasteiger partial charge in [0.15, 0.2) is 6.29 Å². The maximum absolute atomic E-state index is 13.6. The van der Waals surface area contributed by atoms with Crippen LogP contribution in [0.1, 0.15) is 29.6 Å². The van der Waals surface area contributed by atoms with E-state index in [0.29, 0.717) is 11.1 Å². The number of fused-ring (bicyclic) bond motifs is 1. The Morgan fingerprint density at radius 2 is 2.06 bits per heavy atom. The first-order valence-corrected chi connectivity index (χ1v) is 10.00. The van der Waals surface area contributed by atoms with Gasteiger partial charge in [-0.15, -0.1) is 0 Å². The fourth-order valence-electron chi connectivity index (χ4n) is 3.49. The zero-order valence-electron chi connectivity index (χ0n) is 17.3. The van der Waals surface area contributed by atoms with Crippen molar-refractivity contribution in [2.45, 2.75) is 37.5 Å². The fraction of sp³-hybridized carbons (Fsp3) is 0.381. The maximum Gasteiger partial charge on any atom is 0.268 e. The van der Waals surface area contributed by atoms with E-state index in [2.05, 4.69) is 15.6 Å². The van der Waals surface area contributed by atoms with E-state index in [1.54, 1.807) is 24.3 Å². The van der Waals surface area contributed by atoms with Gasteiger partial charge in [-0.3, -0.25) is 19.4 Å². The third-order valence-corrected chi connectivity index (χ3v) is 5.06. The summed E-state index contributed by atoms with van der Waals surface area (Å²) in [5.74, 6) is -5.10. The van der Waals surface area contributed by atoms with Crippen LogP contribution in [0.15, 0.2) is 30.5 Å². The van der Waals surface area contributed by atoms with Gasteiger partial charge >= 0.3 is 0 Å². The minimum absolute atomic E-state index is 0.137. The molecule has 1 aromatic carbocycles. The van der Waals surface area contributed by atoms with Crippen molar-refractivity contribution in [2.24, 2.45) is 0 Å². The molecule has 4 N–H and O–H groups in total. The van der Waals surface area contributed by atoms with Crippen molar-refractivity contribution in [2.75, 3.05) is 18.4 Å².